The predicted octanol–water partition coefficient (Wildman–Crippen LogP) is 4.60. The topological polar surface area (TPSA) is 57.5 Å². The number of carbonyl (C=O) groups excluding carboxylic acids is 1. The van der Waals surface area contributed by atoms with E-state index in [0.29, 0.717) is 5.75 Å². The summed E-state index contributed by atoms with van der Waals surface area (Å²) in [6, 6.07) is 24.2. The fourth-order valence-corrected chi connectivity index (χ4v) is 3.67. The number of nitrogens with zero attached hydrogens (tertiary/aromatic N) is 1. The minimum Gasteiger partial charge on any atom is -0.459 e. The number of thiazole rings is 1. The van der Waals surface area contributed by atoms with E-state index in [1.54, 1.807) is 0 Å². The molecule has 4 rings (SSSR count). The van der Waals surface area contributed by atoms with Crippen molar-refractivity contribution in [1.29, 1.82) is 0 Å². The predicted molar refractivity (Wildman–Crippen MR) is 109 cm³/mol. The lowest BCUT2D eigenvalue weighted by atomic mass is 10.2. The van der Waals surface area contributed by atoms with Gasteiger partial charge < -0.3 is 9.47 Å². The zero-order valence-corrected chi connectivity index (χ0v) is 15.7. The van der Waals surface area contributed by atoms with Gasteiger partial charge in [-0.3, -0.25) is 14.2 Å². The SMILES string of the molecule is O=C(Cn1c(=O)sc2ccccc21)OCc1ccc(Oc2ccccc2)cc1. The second kappa shape index (κ2) is 8.10. The Morgan fingerprint density at radius 1 is 0.857 bits per heavy atom. The molecule has 140 valence electrons. The summed E-state index contributed by atoms with van der Waals surface area (Å²) in [5, 5.41) is 0. The lowest BCUT2D eigenvalue weighted by Gasteiger charge is -2.08. The lowest BCUT2D eigenvalue weighted by Crippen LogP contribution is -2.20. The largest absolute Gasteiger partial charge is 0.459 e. The maximum Gasteiger partial charge on any atom is 0.326 e. The number of hydrogen-bond acceptors (Lipinski definition) is 5. The molecule has 0 fully saturated rings. The first kappa shape index (κ1) is 18.0. The highest BCUT2D eigenvalue weighted by Gasteiger charge is 2.12. The van der Waals surface area contributed by atoms with E-state index in [1.807, 2.05) is 78.9 Å². The first-order valence-corrected chi connectivity index (χ1v) is 9.56. The standard InChI is InChI=1S/C22H17NO4S/c24-21(14-23-19-8-4-5-9-20(19)28-22(23)25)26-15-16-10-12-18(13-11-16)27-17-6-2-1-3-7-17/h1-13H,14-15H2. The molecule has 1 heterocycles. The summed E-state index contributed by atoms with van der Waals surface area (Å²) in [4.78, 5) is 24.1. The second-order valence-corrected chi connectivity index (χ2v) is 7.13. The molecule has 0 radical (unpaired) electrons. The van der Waals surface area contributed by atoms with Gasteiger partial charge in [-0.1, -0.05) is 53.8 Å². The van der Waals surface area contributed by atoms with Crippen LogP contribution in [0.25, 0.3) is 10.2 Å². The van der Waals surface area contributed by atoms with Crippen molar-refractivity contribution in [2.75, 3.05) is 0 Å². The van der Waals surface area contributed by atoms with E-state index in [9.17, 15) is 9.59 Å². The van der Waals surface area contributed by atoms with Gasteiger partial charge in [0.2, 0.25) is 0 Å². The van der Waals surface area contributed by atoms with Crippen LogP contribution in [0.4, 0.5) is 0 Å². The Labute approximate surface area is 165 Å². The molecular formula is C22H17NO4S. The molecule has 0 bridgehead atoms. The van der Waals surface area contributed by atoms with Gasteiger partial charge in [-0.2, -0.15) is 0 Å². The summed E-state index contributed by atoms with van der Waals surface area (Å²) in [7, 11) is 0. The number of aromatic nitrogens is 1. The van der Waals surface area contributed by atoms with Crippen LogP contribution in [-0.2, 0) is 22.7 Å². The normalized spacial score (nSPS) is 10.7. The van der Waals surface area contributed by atoms with Gasteiger partial charge in [0.25, 0.3) is 0 Å². The fourth-order valence-electron chi connectivity index (χ4n) is 2.78. The maximum absolute atomic E-state index is 12.2. The molecule has 0 atom stereocenters. The van der Waals surface area contributed by atoms with E-state index in [2.05, 4.69) is 0 Å². The van der Waals surface area contributed by atoms with Crippen molar-refractivity contribution in [3.63, 3.8) is 0 Å². The molecule has 6 heteroatoms. The summed E-state index contributed by atoms with van der Waals surface area (Å²) in [6.45, 7) is 0.0410. The first-order valence-electron chi connectivity index (χ1n) is 8.75. The summed E-state index contributed by atoms with van der Waals surface area (Å²) >= 11 is 1.12. The van der Waals surface area contributed by atoms with E-state index in [0.717, 1.165) is 32.9 Å². The highest BCUT2D eigenvalue weighted by atomic mass is 32.1. The average molecular weight is 391 g/mol. The molecule has 0 aliphatic heterocycles. The lowest BCUT2D eigenvalue weighted by molar-refractivity contribution is -0.145. The van der Waals surface area contributed by atoms with Crippen molar-refractivity contribution in [2.24, 2.45) is 0 Å². The molecule has 0 saturated carbocycles. The number of ether oxygens (including phenoxy) is 2. The van der Waals surface area contributed by atoms with E-state index in [1.165, 1.54) is 4.57 Å². The summed E-state index contributed by atoms with van der Waals surface area (Å²) in [5.41, 5.74) is 1.59. The minimum absolute atomic E-state index is 0.0992. The van der Waals surface area contributed by atoms with E-state index < -0.39 is 5.97 Å². The second-order valence-electron chi connectivity index (χ2n) is 6.14. The molecule has 4 aromatic rings. The Morgan fingerprint density at radius 2 is 1.54 bits per heavy atom. The number of benzene rings is 3. The first-order chi connectivity index (χ1) is 13.7. The average Bonchev–Trinajstić information content (AvgIpc) is 3.03. The Bertz CT molecular complexity index is 1150. The van der Waals surface area contributed by atoms with Gasteiger partial charge in [0, 0.05) is 0 Å². The monoisotopic (exact) mass is 391 g/mol. The Morgan fingerprint density at radius 3 is 2.32 bits per heavy atom. The van der Waals surface area contributed by atoms with Crippen LogP contribution in [-0.4, -0.2) is 10.5 Å². The molecule has 5 nitrogen and oxygen atoms in total. The highest BCUT2D eigenvalue weighted by molar-refractivity contribution is 7.16. The highest BCUT2D eigenvalue weighted by Crippen LogP contribution is 2.21. The van der Waals surface area contributed by atoms with Crippen LogP contribution in [0.2, 0.25) is 0 Å². The van der Waals surface area contributed by atoms with Gasteiger partial charge in [0.15, 0.2) is 0 Å². The van der Waals surface area contributed by atoms with Crippen LogP contribution in [0, 0.1) is 0 Å². The number of fused-ring (bicyclic) bond motifs is 1. The Kier molecular flexibility index (Phi) is 5.21. The number of carbonyl (C=O) groups is 1. The van der Waals surface area contributed by atoms with Crippen molar-refractivity contribution >= 4 is 27.5 Å². The third-order valence-electron chi connectivity index (χ3n) is 4.16. The zero-order valence-electron chi connectivity index (χ0n) is 14.9. The minimum atomic E-state index is -0.449. The number of esters is 1. The number of rotatable bonds is 6. The Balaban J connectivity index is 1.35. The molecule has 0 aliphatic carbocycles. The summed E-state index contributed by atoms with van der Waals surface area (Å²) < 4.78 is 13.4. The zero-order chi connectivity index (χ0) is 19.3. The molecule has 3 aromatic carbocycles. The molecule has 0 unspecified atom stereocenters. The van der Waals surface area contributed by atoms with Crippen LogP contribution in [0.3, 0.4) is 0 Å². The summed E-state index contributed by atoms with van der Waals surface area (Å²) in [5.74, 6) is 1.02. The van der Waals surface area contributed by atoms with Gasteiger partial charge in [0.05, 0.1) is 10.2 Å². The molecule has 0 spiro atoms. The molecule has 0 N–H and O–H groups in total. The molecule has 28 heavy (non-hydrogen) atoms. The van der Waals surface area contributed by atoms with E-state index >= 15 is 0 Å². The number of para-hydroxylation sites is 2. The van der Waals surface area contributed by atoms with Crippen LogP contribution in [0.5, 0.6) is 11.5 Å². The van der Waals surface area contributed by atoms with Crippen molar-refractivity contribution < 1.29 is 14.3 Å². The van der Waals surface area contributed by atoms with Gasteiger partial charge in [-0.15, -0.1) is 0 Å². The van der Waals surface area contributed by atoms with Crippen molar-refractivity contribution in [3.8, 4) is 11.5 Å². The molecule has 0 saturated heterocycles. The van der Waals surface area contributed by atoms with Crippen LogP contribution in [0.1, 0.15) is 5.56 Å². The fraction of sp³-hybridized carbons (Fsp3) is 0.0909. The van der Waals surface area contributed by atoms with Crippen molar-refractivity contribution in [3.05, 3.63) is 94.1 Å². The molecule has 0 aliphatic rings. The van der Waals surface area contributed by atoms with Gasteiger partial charge >= 0.3 is 10.8 Å². The van der Waals surface area contributed by atoms with Crippen LogP contribution in [0.15, 0.2) is 83.7 Å². The third kappa shape index (κ3) is 4.13. The molecular weight excluding hydrogens is 374 g/mol. The van der Waals surface area contributed by atoms with Crippen LogP contribution < -0.4 is 9.61 Å². The third-order valence-corrected chi connectivity index (χ3v) is 5.12. The van der Waals surface area contributed by atoms with E-state index in [4.69, 9.17) is 9.47 Å². The molecule has 0 amide bonds. The van der Waals surface area contributed by atoms with Crippen molar-refractivity contribution in [1.82, 2.24) is 4.57 Å². The van der Waals surface area contributed by atoms with Gasteiger partial charge in [-0.25, -0.2) is 0 Å². The van der Waals surface area contributed by atoms with E-state index in [-0.39, 0.29) is 18.0 Å². The van der Waals surface area contributed by atoms with Gasteiger partial charge in [-0.05, 0) is 42.0 Å². The van der Waals surface area contributed by atoms with Crippen molar-refractivity contribution in [2.45, 2.75) is 13.2 Å². The van der Waals surface area contributed by atoms with Gasteiger partial charge in [0.1, 0.15) is 24.7 Å². The number of hydrogen-bond donors (Lipinski definition) is 0. The molecule has 1 aromatic heterocycles. The summed E-state index contributed by atoms with van der Waals surface area (Å²) in [6.07, 6.45) is 0. The Hall–Kier alpha value is -3.38. The maximum atomic E-state index is 12.2. The smallest absolute Gasteiger partial charge is 0.326 e. The van der Waals surface area contributed by atoms with Crippen LogP contribution >= 0.6 is 11.3 Å². The quantitative estimate of drug-likeness (QED) is 0.451.